The third kappa shape index (κ3) is 4.47. The summed E-state index contributed by atoms with van der Waals surface area (Å²) in [7, 11) is 0. The molecular weight excluding hydrogens is 440 g/mol. The molecule has 2 aromatic heterocycles. The molecule has 0 radical (unpaired) electrons. The van der Waals surface area contributed by atoms with Crippen LogP contribution in [0.15, 0.2) is 58.4 Å². The first-order valence-electron chi connectivity index (χ1n) is 10.4. The number of aromatic nitrogens is 2. The number of thioether (sulfide) groups is 1. The number of amides is 1. The van der Waals surface area contributed by atoms with E-state index in [0.717, 1.165) is 11.1 Å². The lowest BCUT2D eigenvalue weighted by Crippen LogP contribution is -2.27. The number of carbonyl (C=O) groups is 1. The first kappa shape index (κ1) is 22.2. The number of anilines is 1. The van der Waals surface area contributed by atoms with Crippen LogP contribution in [0.1, 0.15) is 30.5 Å². The molecule has 1 fully saturated rings. The molecule has 0 aliphatic carbocycles. The molecule has 1 aromatic carbocycles. The number of aryl methyl sites for hydroxylation is 1. The fourth-order valence-electron chi connectivity index (χ4n) is 3.41. The third-order valence-corrected chi connectivity index (χ3v) is 6.47. The average molecular weight is 465 g/mol. The molecule has 4 rings (SSSR count). The molecular formula is C24H24N4O2S2. The van der Waals surface area contributed by atoms with Gasteiger partial charge in [0.2, 0.25) is 0 Å². The van der Waals surface area contributed by atoms with Crippen molar-refractivity contribution < 1.29 is 4.79 Å². The van der Waals surface area contributed by atoms with Gasteiger partial charge in [0.05, 0.1) is 17.0 Å². The van der Waals surface area contributed by atoms with Gasteiger partial charge in [-0.2, -0.15) is 0 Å². The maximum atomic E-state index is 13.4. The van der Waals surface area contributed by atoms with Crippen LogP contribution in [0.5, 0.6) is 0 Å². The van der Waals surface area contributed by atoms with Gasteiger partial charge in [0.15, 0.2) is 0 Å². The Hall–Kier alpha value is -2.97. The average Bonchev–Trinajstić information content (AvgIpc) is 3.03. The molecule has 0 bridgehead atoms. The van der Waals surface area contributed by atoms with Gasteiger partial charge in [-0.25, -0.2) is 4.98 Å². The maximum absolute atomic E-state index is 13.4. The first-order valence-corrected chi connectivity index (χ1v) is 11.6. The number of carbonyl (C=O) groups excluding carboxylic acids is 1. The lowest BCUT2D eigenvalue weighted by Gasteiger charge is -2.14. The first-order chi connectivity index (χ1) is 15.3. The molecule has 3 heterocycles. The van der Waals surface area contributed by atoms with Gasteiger partial charge < -0.3 is 5.32 Å². The quantitative estimate of drug-likeness (QED) is 0.429. The van der Waals surface area contributed by atoms with Gasteiger partial charge >= 0.3 is 0 Å². The number of hydrogen-bond donors (Lipinski definition) is 1. The van der Waals surface area contributed by atoms with Crippen LogP contribution in [0.3, 0.4) is 0 Å². The van der Waals surface area contributed by atoms with Gasteiger partial charge in [-0.15, -0.1) is 0 Å². The van der Waals surface area contributed by atoms with Crippen molar-refractivity contribution in [1.82, 2.24) is 14.3 Å². The Morgan fingerprint density at radius 3 is 2.62 bits per heavy atom. The Bertz CT molecular complexity index is 1280. The number of fused-ring (bicyclic) bond motifs is 1. The Kier molecular flexibility index (Phi) is 6.43. The highest BCUT2D eigenvalue weighted by molar-refractivity contribution is 8.26. The lowest BCUT2D eigenvalue weighted by molar-refractivity contribution is -0.122. The Labute approximate surface area is 196 Å². The van der Waals surface area contributed by atoms with E-state index in [1.807, 2.05) is 49.4 Å². The van der Waals surface area contributed by atoms with Crippen molar-refractivity contribution in [1.29, 1.82) is 0 Å². The number of hydrogen-bond acceptors (Lipinski definition) is 6. The van der Waals surface area contributed by atoms with Crippen molar-refractivity contribution in [3.63, 3.8) is 0 Å². The Morgan fingerprint density at radius 2 is 1.91 bits per heavy atom. The molecule has 164 valence electrons. The number of thiocarbonyl (C=S) groups is 1. The van der Waals surface area contributed by atoms with E-state index < -0.39 is 0 Å². The highest BCUT2D eigenvalue weighted by Gasteiger charge is 2.32. The van der Waals surface area contributed by atoms with Crippen LogP contribution >= 0.6 is 24.0 Å². The van der Waals surface area contributed by atoms with Crippen molar-refractivity contribution in [2.45, 2.75) is 27.3 Å². The second-order valence-corrected chi connectivity index (χ2v) is 9.77. The second-order valence-electron chi connectivity index (χ2n) is 8.09. The number of pyridine rings is 1. The third-order valence-electron chi connectivity index (χ3n) is 5.09. The monoisotopic (exact) mass is 464 g/mol. The number of nitrogens with one attached hydrogen (secondary N) is 1. The normalized spacial score (nSPS) is 15.4. The van der Waals surface area contributed by atoms with E-state index >= 15 is 0 Å². The molecule has 8 heteroatoms. The van der Waals surface area contributed by atoms with E-state index in [1.165, 1.54) is 16.2 Å². The molecule has 1 amide bonds. The highest BCUT2D eigenvalue weighted by atomic mass is 32.2. The summed E-state index contributed by atoms with van der Waals surface area (Å²) in [5.41, 5.74) is 2.62. The van der Waals surface area contributed by atoms with Gasteiger partial charge in [0, 0.05) is 12.7 Å². The standard InChI is InChI=1S/C24H24N4O2S2/c1-15(2)13-25-20-18(22(29)27-11-7-8-16(3)21(27)26-20)12-19-23(30)28(24(31)32-19)14-17-9-5-4-6-10-17/h4-12,15,25H,13-14H2,1-3H3/b19-12+. The topological polar surface area (TPSA) is 66.7 Å². The van der Waals surface area contributed by atoms with Crippen LogP contribution in [-0.4, -0.2) is 31.1 Å². The summed E-state index contributed by atoms with van der Waals surface area (Å²) in [6.45, 7) is 7.14. The van der Waals surface area contributed by atoms with Gasteiger partial charge in [0.25, 0.3) is 11.5 Å². The second kappa shape index (κ2) is 9.26. The molecule has 0 spiro atoms. The summed E-state index contributed by atoms with van der Waals surface area (Å²) >= 11 is 6.68. The zero-order chi connectivity index (χ0) is 22.8. The minimum Gasteiger partial charge on any atom is -0.369 e. The lowest BCUT2D eigenvalue weighted by atomic mass is 10.2. The minimum atomic E-state index is -0.224. The zero-order valence-electron chi connectivity index (χ0n) is 18.2. The molecule has 1 aliphatic heterocycles. The molecule has 6 nitrogen and oxygen atoms in total. The van der Waals surface area contributed by atoms with E-state index in [2.05, 4.69) is 19.2 Å². The van der Waals surface area contributed by atoms with Gasteiger partial charge in [-0.1, -0.05) is 74.2 Å². The molecule has 0 atom stereocenters. The summed E-state index contributed by atoms with van der Waals surface area (Å²) < 4.78 is 2.00. The van der Waals surface area contributed by atoms with E-state index in [0.29, 0.717) is 45.3 Å². The molecule has 1 aliphatic rings. The smallest absolute Gasteiger partial charge is 0.267 e. The van der Waals surface area contributed by atoms with Crippen LogP contribution in [-0.2, 0) is 11.3 Å². The van der Waals surface area contributed by atoms with Crippen molar-refractivity contribution in [2.75, 3.05) is 11.9 Å². The molecule has 1 N–H and O–H groups in total. The fourth-order valence-corrected chi connectivity index (χ4v) is 4.65. The maximum Gasteiger partial charge on any atom is 0.267 e. The summed E-state index contributed by atoms with van der Waals surface area (Å²) in [5, 5.41) is 3.29. The Balaban J connectivity index is 1.76. The molecule has 0 saturated carbocycles. The number of nitrogens with zero attached hydrogens (tertiary/aromatic N) is 3. The summed E-state index contributed by atoms with van der Waals surface area (Å²) in [6, 6.07) is 13.4. The van der Waals surface area contributed by atoms with Crippen LogP contribution in [0.4, 0.5) is 5.82 Å². The predicted octanol–water partition coefficient (Wildman–Crippen LogP) is 4.47. The van der Waals surface area contributed by atoms with E-state index in [1.54, 1.807) is 17.2 Å². The summed E-state index contributed by atoms with van der Waals surface area (Å²) in [6.07, 6.45) is 3.32. The SMILES string of the molecule is Cc1cccn2c(=O)c(/C=C3/SC(=S)N(Cc4ccccc4)C3=O)c(NCC(C)C)nc12. The van der Waals surface area contributed by atoms with Crippen molar-refractivity contribution in [3.8, 4) is 0 Å². The van der Waals surface area contributed by atoms with Gasteiger partial charge in [0.1, 0.15) is 15.8 Å². The van der Waals surface area contributed by atoms with Crippen molar-refractivity contribution in [3.05, 3.63) is 80.6 Å². The van der Waals surface area contributed by atoms with Crippen LogP contribution in [0.25, 0.3) is 11.7 Å². The summed E-state index contributed by atoms with van der Waals surface area (Å²) in [4.78, 5) is 33.2. The molecule has 0 unspecified atom stereocenters. The van der Waals surface area contributed by atoms with Gasteiger partial charge in [-0.05, 0) is 36.1 Å². The van der Waals surface area contributed by atoms with Crippen LogP contribution in [0, 0.1) is 12.8 Å². The minimum absolute atomic E-state index is 0.201. The Morgan fingerprint density at radius 1 is 1.16 bits per heavy atom. The van der Waals surface area contributed by atoms with Crippen molar-refractivity contribution >= 4 is 51.7 Å². The van der Waals surface area contributed by atoms with Crippen molar-refractivity contribution in [2.24, 2.45) is 5.92 Å². The van der Waals surface area contributed by atoms with E-state index in [-0.39, 0.29) is 11.5 Å². The largest absolute Gasteiger partial charge is 0.369 e. The zero-order valence-corrected chi connectivity index (χ0v) is 19.8. The van der Waals surface area contributed by atoms with E-state index in [4.69, 9.17) is 17.2 Å². The van der Waals surface area contributed by atoms with E-state index in [9.17, 15) is 9.59 Å². The fraction of sp³-hybridized carbons (Fsp3) is 0.250. The molecule has 3 aromatic rings. The number of rotatable bonds is 6. The number of benzene rings is 1. The van der Waals surface area contributed by atoms with Crippen LogP contribution < -0.4 is 10.9 Å². The highest BCUT2D eigenvalue weighted by Crippen LogP contribution is 2.34. The van der Waals surface area contributed by atoms with Gasteiger partial charge in [-0.3, -0.25) is 18.9 Å². The van der Waals surface area contributed by atoms with Crippen LogP contribution in [0.2, 0.25) is 0 Å². The molecule has 1 saturated heterocycles. The molecule has 32 heavy (non-hydrogen) atoms. The summed E-state index contributed by atoms with van der Waals surface area (Å²) in [5.74, 6) is 0.641. The predicted molar refractivity (Wildman–Crippen MR) is 135 cm³/mol.